The molecule has 0 saturated heterocycles. The molecule has 0 spiro atoms. The summed E-state index contributed by atoms with van der Waals surface area (Å²) >= 11 is 0. The molecule has 0 unspecified atom stereocenters. The van der Waals surface area contributed by atoms with Gasteiger partial charge in [0.15, 0.2) is 0 Å². The lowest BCUT2D eigenvalue weighted by Crippen LogP contribution is -1.95. The first kappa shape index (κ1) is 11.9. The van der Waals surface area contributed by atoms with Gasteiger partial charge < -0.3 is 10.2 Å². The quantitative estimate of drug-likeness (QED) is 0.858. The van der Waals surface area contributed by atoms with Gasteiger partial charge in [-0.05, 0) is 30.5 Å². The van der Waals surface area contributed by atoms with E-state index >= 15 is 0 Å². The maximum atomic E-state index is 5.50. The summed E-state index contributed by atoms with van der Waals surface area (Å²) < 4.78 is 5.37. The Hall–Kier alpha value is -1.61. The van der Waals surface area contributed by atoms with Crippen LogP contribution in [0.5, 0.6) is 0 Å². The number of hydrogen-bond acceptors (Lipinski definition) is 3. The number of oxazole rings is 1. The molecule has 1 heterocycles. The summed E-state index contributed by atoms with van der Waals surface area (Å²) in [5, 5.41) is 0. The molecular formula is C14H18N2O. The van der Waals surface area contributed by atoms with E-state index in [9.17, 15) is 0 Å². The molecule has 0 aliphatic rings. The summed E-state index contributed by atoms with van der Waals surface area (Å²) in [5.74, 6) is 0.646. The van der Waals surface area contributed by atoms with E-state index < -0.39 is 0 Å². The topological polar surface area (TPSA) is 52.0 Å². The van der Waals surface area contributed by atoms with Crippen LogP contribution in [0.1, 0.15) is 31.0 Å². The van der Waals surface area contributed by atoms with Gasteiger partial charge in [0, 0.05) is 12.1 Å². The molecule has 0 saturated carbocycles. The average molecular weight is 230 g/mol. The van der Waals surface area contributed by atoms with Crippen molar-refractivity contribution in [3.63, 3.8) is 0 Å². The maximum Gasteiger partial charge on any atom is 0.226 e. The fourth-order valence-electron chi connectivity index (χ4n) is 1.73. The lowest BCUT2D eigenvalue weighted by atomic mass is 10.1. The summed E-state index contributed by atoms with van der Waals surface area (Å²) in [5.41, 5.74) is 8.65. The molecule has 0 bridgehead atoms. The van der Waals surface area contributed by atoms with E-state index in [1.165, 1.54) is 18.4 Å². The minimum atomic E-state index is 0.415. The largest absolute Gasteiger partial charge is 0.444 e. The highest BCUT2D eigenvalue weighted by molar-refractivity contribution is 5.53. The summed E-state index contributed by atoms with van der Waals surface area (Å²) in [6, 6.07) is 8.38. The minimum Gasteiger partial charge on any atom is -0.444 e. The Kier molecular flexibility index (Phi) is 3.94. The summed E-state index contributed by atoms with van der Waals surface area (Å²) in [7, 11) is 0. The van der Waals surface area contributed by atoms with Gasteiger partial charge in [-0.1, -0.05) is 25.5 Å². The summed E-state index contributed by atoms with van der Waals surface area (Å²) in [4.78, 5) is 4.30. The fraction of sp³-hybridized carbons (Fsp3) is 0.357. The van der Waals surface area contributed by atoms with Crippen molar-refractivity contribution < 1.29 is 4.42 Å². The van der Waals surface area contributed by atoms with E-state index in [0.29, 0.717) is 12.4 Å². The Bertz CT molecular complexity index is 459. The zero-order valence-electron chi connectivity index (χ0n) is 10.1. The minimum absolute atomic E-state index is 0.415. The molecular weight excluding hydrogens is 212 g/mol. The number of benzene rings is 1. The zero-order valence-corrected chi connectivity index (χ0v) is 10.1. The van der Waals surface area contributed by atoms with E-state index in [-0.39, 0.29) is 0 Å². The molecule has 2 aromatic rings. The molecule has 17 heavy (non-hydrogen) atoms. The van der Waals surface area contributed by atoms with E-state index in [0.717, 1.165) is 17.7 Å². The predicted octanol–water partition coefficient (Wildman–Crippen LogP) is 3.14. The van der Waals surface area contributed by atoms with Gasteiger partial charge in [-0.15, -0.1) is 0 Å². The number of nitrogens with two attached hydrogens (primary N) is 1. The lowest BCUT2D eigenvalue weighted by molar-refractivity contribution is 0.572. The first-order chi connectivity index (χ1) is 8.33. The van der Waals surface area contributed by atoms with Crippen molar-refractivity contribution in [2.45, 2.75) is 32.7 Å². The van der Waals surface area contributed by atoms with Gasteiger partial charge in [-0.2, -0.15) is 0 Å². The number of rotatable bonds is 5. The fourth-order valence-corrected chi connectivity index (χ4v) is 1.73. The smallest absolute Gasteiger partial charge is 0.226 e. The van der Waals surface area contributed by atoms with E-state index in [1.807, 2.05) is 0 Å². The van der Waals surface area contributed by atoms with Crippen LogP contribution in [-0.2, 0) is 13.0 Å². The van der Waals surface area contributed by atoms with Crippen LogP contribution >= 0.6 is 0 Å². The Morgan fingerprint density at radius 3 is 2.59 bits per heavy atom. The third-order valence-corrected chi connectivity index (χ3v) is 2.78. The monoisotopic (exact) mass is 230 g/mol. The van der Waals surface area contributed by atoms with Crippen molar-refractivity contribution in [2.75, 3.05) is 0 Å². The van der Waals surface area contributed by atoms with Crippen LogP contribution < -0.4 is 5.73 Å². The molecule has 0 fully saturated rings. The SMILES string of the molecule is CCCCc1ccc(-c2nc(CN)co2)cc1. The van der Waals surface area contributed by atoms with Gasteiger partial charge >= 0.3 is 0 Å². The van der Waals surface area contributed by atoms with Gasteiger partial charge in [-0.25, -0.2) is 4.98 Å². The van der Waals surface area contributed by atoms with Crippen molar-refractivity contribution in [3.8, 4) is 11.5 Å². The number of unbranched alkanes of at least 4 members (excludes halogenated alkanes) is 1. The van der Waals surface area contributed by atoms with Gasteiger partial charge in [0.05, 0.1) is 5.69 Å². The maximum absolute atomic E-state index is 5.50. The first-order valence-corrected chi connectivity index (χ1v) is 6.07. The second-order valence-corrected chi connectivity index (χ2v) is 4.15. The van der Waals surface area contributed by atoms with Crippen molar-refractivity contribution in [1.82, 2.24) is 4.98 Å². The van der Waals surface area contributed by atoms with Gasteiger partial charge in [0.1, 0.15) is 6.26 Å². The molecule has 0 radical (unpaired) electrons. The van der Waals surface area contributed by atoms with Gasteiger partial charge in [-0.3, -0.25) is 0 Å². The summed E-state index contributed by atoms with van der Waals surface area (Å²) in [6.07, 6.45) is 5.20. The first-order valence-electron chi connectivity index (χ1n) is 6.07. The van der Waals surface area contributed by atoms with Crippen LogP contribution in [0.2, 0.25) is 0 Å². The number of nitrogens with zero attached hydrogens (tertiary/aromatic N) is 1. The van der Waals surface area contributed by atoms with E-state index in [4.69, 9.17) is 10.2 Å². The molecule has 0 aliphatic heterocycles. The molecule has 3 heteroatoms. The average Bonchev–Trinajstić information content (AvgIpc) is 2.86. The summed E-state index contributed by atoms with van der Waals surface area (Å²) in [6.45, 7) is 2.62. The zero-order chi connectivity index (χ0) is 12.1. The van der Waals surface area contributed by atoms with Crippen LogP contribution in [-0.4, -0.2) is 4.98 Å². The molecule has 1 aromatic heterocycles. The van der Waals surface area contributed by atoms with Crippen LogP contribution in [0.4, 0.5) is 0 Å². The second kappa shape index (κ2) is 5.64. The molecule has 2 rings (SSSR count). The Balaban J connectivity index is 2.11. The standard InChI is InChI=1S/C14H18N2O/c1-2-3-4-11-5-7-12(8-6-11)14-16-13(9-15)10-17-14/h5-8,10H,2-4,9,15H2,1H3. The molecule has 3 nitrogen and oxygen atoms in total. The third kappa shape index (κ3) is 2.94. The second-order valence-electron chi connectivity index (χ2n) is 4.15. The normalized spacial score (nSPS) is 10.7. The highest BCUT2D eigenvalue weighted by Crippen LogP contribution is 2.19. The highest BCUT2D eigenvalue weighted by Gasteiger charge is 2.05. The Morgan fingerprint density at radius 2 is 2.00 bits per heavy atom. The lowest BCUT2D eigenvalue weighted by Gasteiger charge is -2.00. The molecule has 90 valence electrons. The van der Waals surface area contributed by atoms with E-state index in [1.54, 1.807) is 6.26 Å². The number of aromatic nitrogens is 1. The van der Waals surface area contributed by atoms with Gasteiger partial charge in [0.2, 0.25) is 5.89 Å². The van der Waals surface area contributed by atoms with Crippen LogP contribution in [0, 0.1) is 0 Å². The van der Waals surface area contributed by atoms with Crippen molar-refractivity contribution in [2.24, 2.45) is 5.73 Å². The van der Waals surface area contributed by atoms with Crippen LogP contribution in [0.25, 0.3) is 11.5 Å². The van der Waals surface area contributed by atoms with Crippen LogP contribution in [0.15, 0.2) is 34.9 Å². The molecule has 1 aromatic carbocycles. The highest BCUT2D eigenvalue weighted by atomic mass is 16.3. The van der Waals surface area contributed by atoms with Crippen molar-refractivity contribution in [1.29, 1.82) is 0 Å². The van der Waals surface area contributed by atoms with Crippen LogP contribution in [0.3, 0.4) is 0 Å². The molecule has 0 atom stereocenters. The van der Waals surface area contributed by atoms with Crippen molar-refractivity contribution >= 4 is 0 Å². The Morgan fingerprint density at radius 1 is 1.24 bits per heavy atom. The van der Waals surface area contributed by atoms with E-state index in [2.05, 4.69) is 36.2 Å². The number of hydrogen-bond donors (Lipinski definition) is 1. The predicted molar refractivity (Wildman–Crippen MR) is 68.4 cm³/mol. The molecule has 0 aliphatic carbocycles. The van der Waals surface area contributed by atoms with Gasteiger partial charge in [0.25, 0.3) is 0 Å². The molecule has 2 N–H and O–H groups in total. The number of aryl methyl sites for hydroxylation is 1. The van der Waals surface area contributed by atoms with Crippen molar-refractivity contribution in [3.05, 3.63) is 41.8 Å². The molecule has 0 amide bonds. The third-order valence-electron chi connectivity index (χ3n) is 2.78. The Labute approximate surface area is 102 Å².